The van der Waals surface area contributed by atoms with Crippen molar-refractivity contribution in [1.82, 2.24) is 9.97 Å². The Morgan fingerprint density at radius 2 is 1.70 bits per heavy atom. The molecule has 0 unspecified atom stereocenters. The molecule has 0 aliphatic carbocycles. The van der Waals surface area contributed by atoms with E-state index >= 15 is 0 Å². The average molecular weight is 310 g/mol. The molecule has 0 bridgehead atoms. The van der Waals surface area contributed by atoms with Crippen LogP contribution in [0, 0.1) is 6.92 Å². The van der Waals surface area contributed by atoms with E-state index in [9.17, 15) is 0 Å². The highest BCUT2D eigenvalue weighted by Crippen LogP contribution is 2.28. The number of anilines is 3. The Balaban J connectivity index is 1.94. The van der Waals surface area contributed by atoms with E-state index < -0.39 is 0 Å². The number of rotatable bonds is 5. The molecule has 1 aliphatic rings. The fraction of sp³-hybridized carbons (Fsp3) is 0.474. The van der Waals surface area contributed by atoms with E-state index in [-0.39, 0.29) is 0 Å². The average Bonchev–Trinajstić information content (AvgIpc) is 3.09. The van der Waals surface area contributed by atoms with Gasteiger partial charge in [0.2, 0.25) is 0 Å². The van der Waals surface area contributed by atoms with Crippen molar-refractivity contribution in [3.63, 3.8) is 0 Å². The van der Waals surface area contributed by atoms with Crippen LogP contribution in [-0.4, -0.2) is 23.1 Å². The number of aryl methyl sites for hydroxylation is 3. The summed E-state index contributed by atoms with van der Waals surface area (Å²) in [6, 6.07) is 8.61. The predicted octanol–water partition coefficient (Wildman–Crippen LogP) is 4.25. The molecule has 0 atom stereocenters. The SMILES string of the molecule is CCc1cccc(CC)c1Nc1cc(N2CCCC2)nc(C)n1. The molecule has 23 heavy (non-hydrogen) atoms. The van der Waals surface area contributed by atoms with E-state index in [4.69, 9.17) is 0 Å². The summed E-state index contributed by atoms with van der Waals surface area (Å²) >= 11 is 0. The van der Waals surface area contributed by atoms with Gasteiger partial charge in [-0.05, 0) is 43.7 Å². The van der Waals surface area contributed by atoms with Gasteiger partial charge in [-0.15, -0.1) is 0 Å². The lowest BCUT2D eigenvalue weighted by molar-refractivity contribution is 0.911. The van der Waals surface area contributed by atoms with Crippen molar-refractivity contribution in [2.45, 2.75) is 46.5 Å². The number of hydrogen-bond donors (Lipinski definition) is 1. The largest absolute Gasteiger partial charge is 0.356 e. The highest BCUT2D eigenvalue weighted by Gasteiger charge is 2.16. The van der Waals surface area contributed by atoms with Crippen molar-refractivity contribution >= 4 is 17.3 Å². The van der Waals surface area contributed by atoms with Crippen LogP contribution in [0.4, 0.5) is 17.3 Å². The van der Waals surface area contributed by atoms with E-state index in [0.717, 1.165) is 43.4 Å². The molecule has 122 valence electrons. The number of aromatic nitrogens is 2. The normalized spacial score (nSPS) is 14.3. The summed E-state index contributed by atoms with van der Waals surface area (Å²) in [5.74, 6) is 2.77. The summed E-state index contributed by atoms with van der Waals surface area (Å²) < 4.78 is 0. The highest BCUT2D eigenvalue weighted by molar-refractivity contribution is 5.66. The van der Waals surface area contributed by atoms with Crippen LogP contribution in [0.15, 0.2) is 24.3 Å². The minimum atomic E-state index is 0.823. The first-order valence-electron chi connectivity index (χ1n) is 8.69. The minimum Gasteiger partial charge on any atom is -0.356 e. The van der Waals surface area contributed by atoms with E-state index in [2.05, 4.69) is 58.3 Å². The van der Waals surface area contributed by atoms with E-state index in [0.29, 0.717) is 0 Å². The Hall–Kier alpha value is -2.10. The van der Waals surface area contributed by atoms with Crippen molar-refractivity contribution in [3.8, 4) is 0 Å². The van der Waals surface area contributed by atoms with Crippen LogP contribution >= 0.6 is 0 Å². The van der Waals surface area contributed by atoms with Crippen molar-refractivity contribution in [1.29, 1.82) is 0 Å². The maximum Gasteiger partial charge on any atom is 0.136 e. The zero-order valence-corrected chi connectivity index (χ0v) is 14.4. The molecule has 0 spiro atoms. The van der Waals surface area contributed by atoms with Gasteiger partial charge in [0.15, 0.2) is 0 Å². The summed E-state index contributed by atoms with van der Waals surface area (Å²) in [7, 11) is 0. The number of hydrogen-bond acceptors (Lipinski definition) is 4. The Kier molecular flexibility index (Phi) is 4.79. The number of nitrogens with one attached hydrogen (secondary N) is 1. The van der Waals surface area contributed by atoms with E-state index in [1.54, 1.807) is 0 Å². The molecule has 1 fully saturated rings. The molecule has 3 rings (SSSR count). The number of para-hydroxylation sites is 1. The van der Waals surface area contributed by atoms with Gasteiger partial charge < -0.3 is 10.2 Å². The molecule has 1 saturated heterocycles. The predicted molar refractivity (Wildman–Crippen MR) is 96.7 cm³/mol. The second kappa shape index (κ2) is 6.99. The van der Waals surface area contributed by atoms with E-state index in [1.807, 2.05) is 6.92 Å². The first kappa shape index (κ1) is 15.8. The Morgan fingerprint density at radius 3 is 2.30 bits per heavy atom. The zero-order valence-electron chi connectivity index (χ0n) is 14.4. The molecule has 2 aromatic rings. The molecule has 0 saturated carbocycles. The Bertz CT molecular complexity index is 653. The molecule has 1 N–H and O–H groups in total. The van der Waals surface area contributed by atoms with Gasteiger partial charge in [0.05, 0.1) is 0 Å². The van der Waals surface area contributed by atoms with Crippen LogP contribution in [0.3, 0.4) is 0 Å². The fourth-order valence-electron chi connectivity index (χ4n) is 3.26. The summed E-state index contributed by atoms with van der Waals surface area (Å²) in [5, 5.41) is 3.57. The summed E-state index contributed by atoms with van der Waals surface area (Å²) in [5.41, 5.74) is 3.88. The molecular weight excluding hydrogens is 284 g/mol. The van der Waals surface area contributed by atoms with Crippen LogP contribution in [-0.2, 0) is 12.8 Å². The van der Waals surface area contributed by atoms with Gasteiger partial charge in [-0.3, -0.25) is 0 Å². The maximum atomic E-state index is 4.62. The number of benzene rings is 1. The van der Waals surface area contributed by atoms with Crippen molar-refractivity contribution in [2.24, 2.45) is 0 Å². The highest BCUT2D eigenvalue weighted by atomic mass is 15.2. The van der Waals surface area contributed by atoms with Crippen molar-refractivity contribution in [3.05, 3.63) is 41.2 Å². The van der Waals surface area contributed by atoms with Gasteiger partial charge >= 0.3 is 0 Å². The first-order valence-corrected chi connectivity index (χ1v) is 8.69. The van der Waals surface area contributed by atoms with Crippen LogP contribution in [0.25, 0.3) is 0 Å². The summed E-state index contributed by atoms with van der Waals surface area (Å²) in [6.07, 6.45) is 4.54. The Morgan fingerprint density at radius 1 is 1.04 bits per heavy atom. The van der Waals surface area contributed by atoms with Gasteiger partial charge in [-0.1, -0.05) is 32.0 Å². The number of nitrogens with zero attached hydrogens (tertiary/aromatic N) is 3. The van der Waals surface area contributed by atoms with Crippen LogP contribution in [0.1, 0.15) is 43.6 Å². The van der Waals surface area contributed by atoms with Crippen molar-refractivity contribution in [2.75, 3.05) is 23.3 Å². The molecule has 1 aromatic heterocycles. The third-order valence-corrected chi connectivity index (χ3v) is 4.51. The minimum absolute atomic E-state index is 0.823. The summed E-state index contributed by atoms with van der Waals surface area (Å²) in [4.78, 5) is 11.6. The molecule has 0 amide bonds. The third-order valence-electron chi connectivity index (χ3n) is 4.51. The fourth-order valence-corrected chi connectivity index (χ4v) is 3.26. The van der Waals surface area contributed by atoms with Gasteiger partial charge in [0.1, 0.15) is 17.5 Å². The van der Waals surface area contributed by atoms with Gasteiger partial charge in [0.25, 0.3) is 0 Å². The topological polar surface area (TPSA) is 41.0 Å². The quantitative estimate of drug-likeness (QED) is 0.896. The molecule has 1 aromatic carbocycles. The molecule has 0 radical (unpaired) electrons. The van der Waals surface area contributed by atoms with Crippen molar-refractivity contribution < 1.29 is 0 Å². The van der Waals surface area contributed by atoms with Gasteiger partial charge in [-0.2, -0.15) is 0 Å². The van der Waals surface area contributed by atoms with Crippen LogP contribution in [0.5, 0.6) is 0 Å². The van der Waals surface area contributed by atoms with Crippen LogP contribution < -0.4 is 10.2 Å². The van der Waals surface area contributed by atoms with E-state index in [1.165, 1.54) is 29.7 Å². The second-order valence-corrected chi connectivity index (χ2v) is 6.14. The summed E-state index contributed by atoms with van der Waals surface area (Å²) in [6.45, 7) is 8.56. The lowest BCUT2D eigenvalue weighted by Crippen LogP contribution is -2.19. The standard InChI is InChI=1S/C19H26N4/c1-4-15-9-8-10-16(5-2)19(15)22-17-13-18(21-14(3)20-17)23-11-6-7-12-23/h8-10,13H,4-7,11-12H2,1-3H3,(H,20,21,22). The second-order valence-electron chi connectivity index (χ2n) is 6.14. The van der Waals surface area contributed by atoms with Gasteiger partial charge in [-0.25, -0.2) is 9.97 Å². The third kappa shape index (κ3) is 3.46. The zero-order chi connectivity index (χ0) is 16.2. The van der Waals surface area contributed by atoms with Gasteiger partial charge in [0, 0.05) is 24.8 Å². The lowest BCUT2D eigenvalue weighted by atomic mass is 10.0. The lowest BCUT2D eigenvalue weighted by Gasteiger charge is -2.19. The molecule has 2 heterocycles. The molecular formula is C19H26N4. The monoisotopic (exact) mass is 310 g/mol. The maximum absolute atomic E-state index is 4.62. The Labute approximate surface area is 139 Å². The molecule has 4 nitrogen and oxygen atoms in total. The first-order chi connectivity index (χ1) is 11.2. The molecule has 4 heteroatoms. The van der Waals surface area contributed by atoms with Crippen LogP contribution in [0.2, 0.25) is 0 Å². The molecule has 1 aliphatic heterocycles. The smallest absolute Gasteiger partial charge is 0.136 e.